The Bertz CT molecular complexity index is 1390. The van der Waals surface area contributed by atoms with Crippen molar-refractivity contribution in [3.8, 4) is 11.8 Å². The summed E-state index contributed by atoms with van der Waals surface area (Å²) in [5.74, 6) is 0.578. The van der Waals surface area contributed by atoms with Gasteiger partial charge in [-0.3, -0.25) is 4.90 Å². The van der Waals surface area contributed by atoms with E-state index in [4.69, 9.17) is 10.00 Å². The highest BCUT2D eigenvalue weighted by atomic mass is 32.2. The maximum atomic E-state index is 14.2. The Morgan fingerprint density at radius 1 is 1.31 bits per heavy atom. The van der Waals surface area contributed by atoms with Gasteiger partial charge < -0.3 is 10.1 Å². The molecule has 35 heavy (non-hydrogen) atoms. The van der Waals surface area contributed by atoms with Gasteiger partial charge in [-0.15, -0.1) is 0 Å². The van der Waals surface area contributed by atoms with E-state index in [0.717, 1.165) is 30.3 Å². The van der Waals surface area contributed by atoms with E-state index in [1.54, 1.807) is 24.6 Å². The molecule has 2 aromatic carbocycles. The number of benzene rings is 2. The fourth-order valence-electron chi connectivity index (χ4n) is 4.30. The number of anilines is 2. The molecule has 0 aliphatic carbocycles. The molecule has 4 rings (SSSR count). The molecule has 0 saturated carbocycles. The lowest BCUT2D eigenvalue weighted by Crippen LogP contribution is -2.41. The minimum atomic E-state index is -2.31. The van der Waals surface area contributed by atoms with Gasteiger partial charge in [0.25, 0.3) is 0 Å². The van der Waals surface area contributed by atoms with Crippen LogP contribution in [0.5, 0.6) is 5.75 Å². The highest BCUT2D eigenvalue weighted by Gasteiger charge is 2.22. The second-order valence-corrected chi connectivity index (χ2v) is 11.6. The number of hydrogen-bond donors (Lipinski definition) is 1. The summed E-state index contributed by atoms with van der Waals surface area (Å²) in [6.07, 6.45) is 6.81. The summed E-state index contributed by atoms with van der Waals surface area (Å²) in [4.78, 5) is 11.0. The predicted octanol–water partition coefficient (Wildman–Crippen LogP) is 4.94. The van der Waals surface area contributed by atoms with Crippen LogP contribution in [0.2, 0.25) is 0 Å². The molecule has 1 saturated heterocycles. The van der Waals surface area contributed by atoms with Gasteiger partial charge in [0, 0.05) is 53.2 Å². The number of nitrogens with one attached hydrogen (secondary N) is 1. The van der Waals surface area contributed by atoms with Crippen LogP contribution < -0.4 is 10.1 Å². The largest absolute Gasteiger partial charge is 0.487 e. The lowest BCUT2D eigenvalue weighted by molar-refractivity contribution is 0.0902. The van der Waals surface area contributed by atoms with Gasteiger partial charge in [0.1, 0.15) is 29.8 Å². The number of nitrogens with zero attached hydrogens (tertiary/aromatic N) is 5. The smallest absolute Gasteiger partial charge is 0.146 e. The number of likely N-dealkylation sites (tertiary alicyclic amines) is 1. The zero-order valence-electron chi connectivity index (χ0n) is 20.1. The van der Waals surface area contributed by atoms with Gasteiger partial charge in [0.2, 0.25) is 0 Å². The molecule has 2 heterocycles. The molecule has 1 aromatic heterocycles. The van der Waals surface area contributed by atoms with Gasteiger partial charge in [-0.05, 0) is 56.1 Å². The first-order valence-electron chi connectivity index (χ1n) is 11.5. The molecule has 1 atom stereocenters. The first-order valence-corrected chi connectivity index (χ1v) is 13.8. The maximum absolute atomic E-state index is 14.2. The van der Waals surface area contributed by atoms with Crippen LogP contribution in [0.25, 0.3) is 10.9 Å². The zero-order valence-corrected chi connectivity index (χ0v) is 20.9. The van der Waals surface area contributed by atoms with E-state index >= 15 is 0 Å². The van der Waals surface area contributed by atoms with Gasteiger partial charge >= 0.3 is 0 Å². The molecule has 8 nitrogen and oxygen atoms in total. The van der Waals surface area contributed by atoms with E-state index in [1.807, 2.05) is 13.0 Å². The van der Waals surface area contributed by atoms with Crippen LogP contribution >= 0.6 is 0 Å². The van der Waals surface area contributed by atoms with Crippen LogP contribution in [-0.2, 0) is 9.73 Å². The number of hydrogen-bond acceptors (Lipinski definition) is 8. The van der Waals surface area contributed by atoms with Crippen molar-refractivity contribution in [2.75, 3.05) is 37.5 Å². The van der Waals surface area contributed by atoms with E-state index < -0.39 is 9.73 Å². The minimum Gasteiger partial charge on any atom is -0.487 e. The van der Waals surface area contributed by atoms with Crippen molar-refractivity contribution in [3.63, 3.8) is 0 Å². The number of piperidine rings is 1. The molecule has 184 valence electrons. The Balaban J connectivity index is 1.63. The van der Waals surface area contributed by atoms with Gasteiger partial charge in [-0.1, -0.05) is 0 Å². The molecule has 0 unspecified atom stereocenters. The van der Waals surface area contributed by atoms with Crippen molar-refractivity contribution in [2.24, 2.45) is 4.36 Å². The third-order valence-electron chi connectivity index (χ3n) is 5.74. The summed E-state index contributed by atoms with van der Waals surface area (Å²) in [5, 5.41) is 13.0. The summed E-state index contributed by atoms with van der Waals surface area (Å²) in [6.45, 7) is 4.25. The molecule has 1 aliphatic rings. The lowest BCUT2D eigenvalue weighted by Gasteiger charge is -2.32. The number of nitriles is 1. The third-order valence-corrected chi connectivity index (χ3v) is 6.39. The fraction of sp³-hybridized carbons (Fsp3) is 0.400. The van der Waals surface area contributed by atoms with Crippen LogP contribution in [-0.4, -0.2) is 57.3 Å². The van der Waals surface area contributed by atoms with E-state index in [0.29, 0.717) is 48.0 Å². The maximum Gasteiger partial charge on any atom is 0.146 e. The number of ether oxygens (including phenoxy) is 1. The van der Waals surface area contributed by atoms with Crippen molar-refractivity contribution in [1.29, 1.82) is 5.26 Å². The summed E-state index contributed by atoms with van der Waals surface area (Å²) in [7, 11) is -2.31. The van der Waals surface area contributed by atoms with Crippen LogP contribution in [0.15, 0.2) is 41.0 Å². The van der Waals surface area contributed by atoms with Gasteiger partial charge in [-0.2, -0.15) is 9.62 Å². The number of halogens is 1. The number of fused-ring (bicyclic) bond motifs is 1. The predicted molar refractivity (Wildman–Crippen MR) is 136 cm³/mol. The van der Waals surface area contributed by atoms with Crippen molar-refractivity contribution >= 4 is 37.8 Å². The molecule has 0 radical (unpaired) electrons. The van der Waals surface area contributed by atoms with Crippen molar-refractivity contribution in [3.05, 3.63) is 48.0 Å². The molecule has 0 amide bonds. The van der Waals surface area contributed by atoms with Crippen molar-refractivity contribution < 1.29 is 13.3 Å². The normalized spacial score (nSPS) is 16.6. The van der Waals surface area contributed by atoms with E-state index in [-0.39, 0.29) is 11.9 Å². The average Bonchev–Trinajstić information content (AvgIpc) is 2.78. The molecule has 10 heteroatoms. The van der Waals surface area contributed by atoms with Crippen LogP contribution in [0.3, 0.4) is 0 Å². The van der Waals surface area contributed by atoms with E-state index in [2.05, 4.69) is 30.6 Å². The Morgan fingerprint density at radius 3 is 2.91 bits per heavy atom. The van der Waals surface area contributed by atoms with E-state index in [1.165, 1.54) is 18.5 Å². The second kappa shape index (κ2) is 10.5. The number of aryl methyl sites for hydroxylation is 1. The van der Waals surface area contributed by atoms with Crippen molar-refractivity contribution in [1.82, 2.24) is 14.9 Å². The lowest BCUT2D eigenvalue weighted by atomic mass is 10.1. The fourth-order valence-corrected chi connectivity index (χ4v) is 4.91. The quantitative estimate of drug-likeness (QED) is 0.494. The average molecular weight is 497 g/mol. The topological polar surface area (TPSA) is 104 Å². The van der Waals surface area contributed by atoms with Gasteiger partial charge in [0.05, 0.1) is 23.0 Å². The molecular formula is C25H29FN6O2S. The Hall–Kier alpha value is -3.29. The summed E-state index contributed by atoms with van der Waals surface area (Å²) < 4.78 is 36.8. The zero-order chi connectivity index (χ0) is 25.0. The number of aromatic nitrogens is 2. The molecule has 1 fully saturated rings. The Kier molecular flexibility index (Phi) is 7.48. The molecule has 0 bridgehead atoms. The summed E-state index contributed by atoms with van der Waals surface area (Å²) in [6, 6.07) is 10.2. The molecule has 1 N–H and O–H groups in total. The van der Waals surface area contributed by atoms with Crippen LogP contribution in [0.4, 0.5) is 21.6 Å². The Morgan fingerprint density at radius 2 is 2.14 bits per heavy atom. The standard InChI is InChI=1S/C25H29FN6O2S/c1-17-12-19(31-35(2,3)33)14-22-24(17)25(29-16-28-22)30-21-8-7-18(26)13-23(21)34-20-6-4-10-32(15-20)11-5-9-27/h7-8,12-14,16,20H,4-6,10-11,15H2,1-3H3,(H,28,29,30)/t20-/m1/s1. The second-order valence-electron chi connectivity index (χ2n) is 9.01. The molecule has 1 aliphatic heterocycles. The third kappa shape index (κ3) is 6.44. The molecular weight excluding hydrogens is 467 g/mol. The Labute approximate surface area is 205 Å². The van der Waals surface area contributed by atoms with Gasteiger partial charge in [0.15, 0.2) is 0 Å². The highest BCUT2D eigenvalue weighted by Crippen LogP contribution is 2.34. The number of rotatable bonds is 7. The summed E-state index contributed by atoms with van der Waals surface area (Å²) >= 11 is 0. The summed E-state index contributed by atoms with van der Waals surface area (Å²) in [5.41, 5.74) is 2.73. The first kappa shape index (κ1) is 24.8. The van der Waals surface area contributed by atoms with Gasteiger partial charge in [-0.25, -0.2) is 18.6 Å². The van der Waals surface area contributed by atoms with Crippen molar-refractivity contribution in [2.45, 2.75) is 32.3 Å². The molecule has 3 aromatic rings. The van der Waals surface area contributed by atoms with Crippen LogP contribution in [0.1, 0.15) is 24.8 Å². The monoisotopic (exact) mass is 496 g/mol. The molecule has 0 spiro atoms. The SMILES string of the molecule is Cc1cc(N=S(C)(C)=O)cc2ncnc(Nc3ccc(F)cc3O[C@@H]3CCCN(CCC#N)C3)c12. The van der Waals surface area contributed by atoms with E-state index in [9.17, 15) is 8.60 Å². The minimum absolute atomic E-state index is 0.101. The first-order chi connectivity index (χ1) is 16.7. The van der Waals surface area contributed by atoms with Crippen LogP contribution in [0, 0.1) is 24.1 Å². The highest BCUT2D eigenvalue weighted by molar-refractivity contribution is 7.92.